The Hall–Kier alpha value is -0.980. The summed E-state index contributed by atoms with van der Waals surface area (Å²) >= 11 is 0. The van der Waals surface area contributed by atoms with Crippen molar-refractivity contribution in [2.45, 2.75) is 38.6 Å². The van der Waals surface area contributed by atoms with Crippen LogP contribution in [0, 0.1) is 18.3 Å². The molecule has 0 saturated carbocycles. The van der Waals surface area contributed by atoms with Crippen LogP contribution in [0.5, 0.6) is 0 Å². The average molecular weight is 237 g/mol. The predicted molar refractivity (Wildman–Crippen MR) is 69.4 cm³/mol. The molecule has 0 heterocycles. The molecule has 0 radical (unpaired) electrons. The van der Waals surface area contributed by atoms with Crippen molar-refractivity contribution in [2.75, 3.05) is 19.8 Å². The van der Waals surface area contributed by atoms with Crippen LogP contribution in [0.2, 0.25) is 0 Å². The van der Waals surface area contributed by atoms with E-state index in [1.165, 1.54) is 6.42 Å². The van der Waals surface area contributed by atoms with Gasteiger partial charge in [0.2, 0.25) is 0 Å². The lowest BCUT2D eigenvalue weighted by Crippen LogP contribution is -2.29. The lowest BCUT2D eigenvalue weighted by Gasteiger charge is -2.24. The van der Waals surface area contributed by atoms with Gasteiger partial charge in [0.15, 0.2) is 0 Å². The normalized spacial score (nSPS) is 21.5. The second-order valence-electron chi connectivity index (χ2n) is 4.60. The number of aliphatic hydroxyl groups is 1. The molecule has 0 aromatic heterocycles. The summed E-state index contributed by atoms with van der Waals surface area (Å²) in [5.74, 6) is 4.36. The van der Waals surface area contributed by atoms with Gasteiger partial charge >= 0.3 is 0 Å². The SMILES string of the molecule is C#CCNC(C)CC1CC=C(OCCO)CC1. The molecule has 0 spiro atoms. The topological polar surface area (TPSA) is 41.5 Å². The van der Waals surface area contributed by atoms with Gasteiger partial charge in [0, 0.05) is 12.5 Å². The van der Waals surface area contributed by atoms with E-state index < -0.39 is 0 Å². The highest BCUT2D eigenvalue weighted by molar-refractivity contribution is 4.99. The third-order valence-corrected chi connectivity index (χ3v) is 3.10. The fraction of sp³-hybridized carbons (Fsp3) is 0.714. The average Bonchev–Trinajstić information content (AvgIpc) is 2.35. The van der Waals surface area contributed by atoms with Crippen molar-refractivity contribution in [3.05, 3.63) is 11.8 Å². The molecule has 3 heteroatoms. The highest BCUT2D eigenvalue weighted by atomic mass is 16.5. The molecule has 0 aliphatic heterocycles. The summed E-state index contributed by atoms with van der Waals surface area (Å²) in [6.07, 6.45) is 11.8. The third kappa shape index (κ3) is 5.76. The molecule has 96 valence electrons. The molecule has 1 aliphatic rings. The van der Waals surface area contributed by atoms with Gasteiger partial charge in [-0.15, -0.1) is 6.42 Å². The summed E-state index contributed by atoms with van der Waals surface area (Å²) in [5.41, 5.74) is 0. The van der Waals surface area contributed by atoms with E-state index in [9.17, 15) is 0 Å². The van der Waals surface area contributed by atoms with Crippen LogP contribution in [-0.2, 0) is 4.74 Å². The molecule has 0 bridgehead atoms. The molecule has 17 heavy (non-hydrogen) atoms. The zero-order chi connectivity index (χ0) is 12.5. The maximum atomic E-state index is 8.67. The number of allylic oxidation sites excluding steroid dienone is 2. The molecular formula is C14H23NO2. The number of rotatable bonds is 7. The van der Waals surface area contributed by atoms with Crippen molar-refractivity contribution in [1.82, 2.24) is 5.32 Å². The van der Waals surface area contributed by atoms with Gasteiger partial charge in [0.1, 0.15) is 6.61 Å². The Morgan fingerprint density at radius 2 is 2.53 bits per heavy atom. The van der Waals surface area contributed by atoms with E-state index in [0.29, 0.717) is 19.2 Å². The molecule has 1 rings (SSSR count). The van der Waals surface area contributed by atoms with Gasteiger partial charge in [0.05, 0.1) is 18.9 Å². The van der Waals surface area contributed by atoms with Gasteiger partial charge in [0.25, 0.3) is 0 Å². The summed E-state index contributed by atoms with van der Waals surface area (Å²) in [5, 5.41) is 12.0. The lowest BCUT2D eigenvalue weighted by molar-refractivity contribution is 0.132. The lowest BCUT2D eigenvalue weighted by atomic mass is 9.88. The molecule has 2 atom stereocenters. The van der Waals surface area contributed by atoms with Crippen LogP contribution < -0.4 is 5.32 Å². The first-order valence-corrected chi connectivity index (χ1v) is 6.35. The highest BCUT2D eigenvalue weighted by Crippen LogP contribution is 2.27. The van der Waals surface area contributed by atoms with Crippen LogP contribution in [-0.4, -0.2) is 30.9 Å². The first-order valence-electron chi connectivity index (χ1n) is 6.35. The Kier molecular flexibility index (Phi) is 6.76. The first-order chi connectivity index (χ1) is 8.26. The van der Waals surface area contributed by atoms with Gasteiger partial charge in [-0.2, -0.15) is 0 Å². The van der Waals surface area contributed by atoms with E-state index in [1.54, 1.807) is 0 Å². The molecule has 3 nitrogen and oxygen atoms in total. The van der Waals surface area contributed by atoms with Crippen molar-refractivity contribution in [1.29, 1.82) is 0 Å². The smallest absolute Gasteiger partial charge is 0.111 e. The Balaban J connectivity index is 2.22. The maximum absolute atomic E-state index is 8.67. The van der Waals surface area contributed by atoms with Crippen LogP contribution in [0.4, 0.5) is 0 Å². The van der Waals surface area contributed by atoms with E-state index in [4.69, 9.17) is 16.3 Å². The Labute approximate surface area is 104 Å². The zero-order valence-electron chi connectivity index (χ0n) is 10.6. The molecule has 1 aliphatic carbocycles. The summed E-state index contributed by atoms with van der Waals surface area (Å²) in [4.78, 5) is 0. The van der Waals surface area contributed by atoms with Crippen LogP contribution in [0.25, 0.3) is 0 Å². The number of terminal acetylenes is 1. The van der Waals surface area contributed by atoms with Crippen molar-refractivity contribution >= 4 is 0 Å². The van der Waals surface area contributed by atoms with Gasteiger partial charge < -0.3 is 15.2 Å². The van der Waals surface area contributed by atoms with Crippen molar-refractivity contribution in [3.8, 4) is 12.3 Å². The minimum atomic E-state index is 0.0911. The summed E-state index contributed by atoms with van der Waals surface area (Å²) in [6.45, 7) is 3.33. The molecule has 0 saturated heterocycles. The first kappa shape index (κ1) is 14.1. The van der Waals surface area contributed by atoms with E-state index in [1.807, 2.05) is 0 Å². The fourth-order valence-corrected chi connectivity index (χ4v) is 2.20. The van der Waals surface area contributed by atoms with E-state index in [0.717, 1.165) is 30.9 Å². The molecular weight excluding hydrogens is 214 g/mol. The van der Waals surface area contributed by atoms with Crippen molar-refractivity contribution < 1.29 is 9.84 Å². The molecule has 0 aromatic carbocycles. The number of hydrogen-bond acceptors (Lipinski definition) is 3. The number of ether oxygens (including phenoxy) is 1. The maximum Gasteiger partial charge on any atom is 0.111 e. The summed E-state index contributed by atoms with van der Waals surface area (Å²) in [6, 6.07) is 0.476. The predicted octanol–water partition coefficient (Wildman–Crippen LogP) is 1.68. The van der Waals surface area contributed by atoms with Gasteiger partial charge in [-0.05, 0) is 38.2 Å². The Morgan fingerprint density at radius 3 is 3.12 bits per heavy atom. The van der Waals surface area contributed by atoms with E-state index >= 15 is 0 Å². The molecule has 0 amide bonds. The van der Waals surface area contributed by atoms with Crippen molar-refractivity contribution in [2.24, 2.45) is 5.92 Å². The molecule has 0 fully saturated rings. The van der Waals surface area contributed by atoms with E-state index in [-0.39, 0.29) is 6.61 Å². The van der Waals surface area contributed by atoms with Crippen LogP contribution >= 0.6 is 0 Å². The Bertz CT molecular complexity index is 280. The number of nitrogens with one attached hydrogen (secondary N) is 1. The van der Waals surface area contributed by atoms with Gasteiger partial charge in [-0.3, -0.25) is 0 Å². The molecule has 2 N–H and O–H groups in total. The number of hydrogen-bond donors (Lipinski definition) is 2. The number of aliphatic hydroxyl groups excluding tert-OH is 1. The fourth-order valence-electron chi connectivity index (χ4n) is 2.20. The standard InChI is InChI=1S/C14H23NO2/c1-3-8-15-12(2)11-13-4-6-14(7-5-13)17-10-9-16/h1,6,12-13,15-16H,4-5,7-11H2,2H3. The van der Waals surface area contributed by atoms with Crippen LogP contribution in [0.1, 0.15) is 32.6 Å². The minimum Gasteiger partial charge on any atom is -0.496 e. The molecule has 2 unspecified atom stereocenters. The summed E-state index contributed by atoms with van der Waals surface area (Å²) in [7, 11) is 0. The zero-order valence-corrected chi connectivity index (χ0v) is 10.6. The summed E-state index contributed by atoms with van der Waals surface area (Å²) < 4.78 is 5.42. The quantitative estimate of drug-likeness (QED) is 0.662. The largest absolute Gasteiger partial charge is 0.496 e. The second-order valence-corrected chi connectivity index (χ2v) is 4.60. The van der Waals surface area contributed by atoms with Crippen LogP contribution in [0.3, 0.4) is 0 Å². The second kappa shape index (κ2) is 8.16. The van der Waals surface area contributed by atoms with Gasteiger partial charge in [-0.25, -0.2) is 0 Å². The van der Waals surface area contributed by atoms with Crippen LogP contribution in [0.15, 0.2) is 11.8 Å². The minimum absolute atomic E-state index is 0.0911. The monoisotopic (exact) mass is 237 g/mol. The van der Waals surface area contributed by atoms with Gasteiger partial charge in [-0.1, -0.05) is 5.92 Å². The third-order valence-electron chi connectivity index (χ3n) is 3.10. The Morgan fingerprint density at radius 1 is 1.71 bits per heavy atom. The molecule has 0 aromatic rings. The highest BCUT2D eigenvalue weighted by Gasteiger charge is 2.17. The van der Waals surface area contributed by atoms with Crippen molar-refractivity contribution in [3.63, 3.8) is 0 Å². The van der Waals surface area contributed by atoms with E-state index in [2.05, 4.69) is 24.2 Å².